The van der Waals surface area contributed by atoms with Gasteiger partial charge < -0.3 is 20.8 Å². The van der Waals surface area contributed by atoms with E-state index in [9.17, 15) is 27.8 Å². The van der Waals surface area contributed by atoms with E-state index in [1.165, 1.54) is 36.4 Å². The molecule has 0 saturated carbocycles. The van der Waals surface area contributed by atoms with Crippen LogP contribution in [-0.4, -0.2) is 43.4 Å². The Balaban J connectivity index is 1.50. The zero-order chi connectivity index (χ0) is 27.9. The van der Waals surface area contributed by atoms with Crippen LogP contribution in [-0.2, 0) is 34.2 Å². The number of aromatic hydroxyl groups is 1. The molecule has 0 unspecified atom stereocenters. The predicted octanol–water partition coefficient (Wildman–Crippen LogP) is 3.67. The summed E-state index contributed by atoms with van der Waals surface area (Å²) in [6, 6.07) is 15.9. The van der Waals surface area contributed by atoms with Gasteiger partial charge in [0.2, 0.25) is 15.9 Å². The van der Waals surface area contributed by atoms with Crippen molar-refractivity contribution in [2.45, 2.75) is 38.5 Å². The number of rotatable bonds is 12. The maximum atomic E-state index is 13.2. The second kappa shape index (κ2) is 13.1. The van der Waals surface area contributed by atoms with E-state index in [0.717, 1.165) is 17.4 Å². The van der Waals surface area contributed by atoms with Gasteiger partial charge in [-0.15, -0.1) is 0 Å². The molecule has 2 atom stereocenters. The van der Waals surface area contributed by atoms with Crippen LogP contribution in [0.2, 0.25) is 5.02 Å². The maximum Gasteiger partial charge on any atom is 0.229 e. The van der Waals surface area contributed by atoms with E-state index in [-0.39, 0.29) is 47.9 Å². The Morgan fingerprint density at radius 2 is 1.82 bits per heavy atom. The summed E-state index contributed by atoms with van der Waals surface area (Å²) in [7, 11) is -3.58. The third-order valence-corrected chi connectivity index (χ3v) is 6.69. The molecule has 0 aliphatic rings. The summed E-state index contributed by atoms with van der Waals surface area (Å²) in [6.07, 6.45) is 0.870. The third kappa shape index (κ3) is 9.29. The highest BCUT2D eigenvalue weighted by Crippen LogP contribution is 2.27. The Morgan fingerprint density at radius 3 is 2.53 bits per heavy atom. The van der Waals surface area contributed by atoms with Gasteiger partial charge >= 0.3 is 0 Å². The van der Waals surface area contributed by atoms with Crippen molar-refractivity contribution in [1.29, 1.82) is 0 Å². The van der Waals surface area contributed by atoms with Gasteiger partial charge in [-0.1, -0.05) is 48.0 Å². The third-order valence-electron chi connectivity index (χ3n) is 5.75. The highest BCUT2D eigenvalue weighted by Gasteiger charge is 2.15. The van der Waals surface area contributed by atoms with Crippen molar-refractivity contribution >= 4 is 33.2 Å². The van der Waals surface area contributed by atoms with E-state index >= 15 is 0 Å². The van der Waals surface area contributed by atoms with Crippen LogP contribution in [0.15, 0.2) is 60.7 Å². The highest BCUT2D eigenvalue weighted by atomic mass is 35.5. The number of anilines is 1. The molecule has 3 rings (SSSR count). The molecule has 0 bridgehead atoms. The molecule has 11 heteroatoms. The van der Waals surface area contributed by atoms with Crippen LogP contribution in [0.3, 0.4) is 0 Å². The fourth-order valence-electron chi connectivity index (χ4n) is 3.87. The van der Waals surface area contributed by atoms with Gasteiger partial charge in [-0.3, -0.25) is 9.52 Å². The molecule has 0 saturated heterocycles. The van der Waals surface area contributed by atoms with Crippen molar-refractivity contribution < 1.29 is 27.8 Å². The molecule has 38 heavy (non-hydrogen) atoms. The minimum absolute atomic E-state index is 0.00119. The van der Waals surface area contributed by atoms with Crippen LogP contribution < -0.4 is 15.4 Å². The number of amides is 1. The second-order valence-corrected chi connectivity index (χ2v) is 11.3. The van der Waals surface area contributed by atoms with Crippen LogP contribution in [0.25, 0.3) is 0 Å². The number of aliphatic hydroxyl groups is 1. The Morgan fingerprint density at radius 1 is 1.08 bits per heavy atom. The van der Waals surface area contributed by atoms with Gasteiger partial charge in [0.05, 0.1) is 24.5 Å². The number of aliphatic hydroxyl groups excluding tert-OH is 1. The molecule has 1 amide bonds. The van der Waals surface area contributed by atoms with E-state index in [4.69, 9.17) is 11.6 Å². The molecule has 5 N–H and O–H groups in total. The second-order valence-electron chi connectivity index (χ2n) is 9.19. The molecule has 3 aromatic rings. The van der Waals surface area contributed by atoms with E-state index in [2.05, 4.69) is 15.4 Å². The van der Waals surface area contributed by atoms with Crippen molar-refractivity contribution in [3.05, 3.63) is 93.8 Å². The van der Waals surface area contributed by atoms with Crippen LogP contribution in [0.1, 0.15) is 35.3 Å². The predicted molar refractivity (Wildman–Crippen MR) is 146 cm³/mol. The molecular formula is C27H31ClFN3O5S. The SMILES string of the molecule is C[C@H](Cc1cccc(CC(=O)NCc2ccc(F)cc2Cl)c1)NC[C@H](O)c1ccc(O)c(NS(C)(=O)=O)c1. The molecule has 0 heterocycles. The molecule has 0 spiro atoms. The van der Waals surface area contributed by atoms with Gasteiger partial charge in [0.1, 0.15) is 11.6 Å². The standard InChI is InChI=1S/C27H31ClFN3O5S/c1-17(30-16-26(34)20-7-9-25(33)24(13-20)32-38(2,36)37)10-18-4-3-5-19(11-18)12-27(35)31-15-21-6-8-22(29)14-23(21)28/h3-9,11,13-14,17,26,30,32-34H,10,12,15-16H2,1-2H3,(H,31,35)/t17-,26+/m1/s1. The van der Waals surface area contributed by atoms with Crippen LogP contribution in [0, 0.1) is 5.82 Å². The molecule has 0 aliphatic carbocycles. The summed E-state index contributed by atoms with van der Waals surface area (Å²) < 4.78 is 38.4. The molecule has 0 aliphatic heterocycles. The highest BCUT2D eigenvalue weighted by molar-refractivity contribution is 7.92. The summed E-state index contributed by atoms with van der Waals surface area (Å²) in [5.74, 6) is -0.854. The number of benzene rings is 3. The van der Waals surface area contributed by atoms with Crippen molar-refractivity contribution in [3.63, 3.8) is 0 Å². The minimum Gasteiger partial charge on any atom is -0.506 e. The van der Waals surface area contributed by atoms with E-state index in [1.807, 2.05) is 31.2 Å². The first kappa shape index (κ1) is 29.4. The summed E-state index contributed by atoms with van der Waals surface area (Å²) in [5, 5.41) is 26.7. The first-order chi connectivity index (χ1) is 17.9. The fraction of sp³-hybridized carbons (Fsp3) is 0.296. The molecule has 204 valence electrons. The lowest BCUT2D eigenvalue weighted by atomic mass is 10.0. The molecule has 3 aromatic carbocycles. The van der Waals surface area contributed by atoms with E-state index in [1.54, 1.807) is 0 Å². The smallest absolute Gasteiger partial charge is 0.229 e. The lowest BCUT2D eigenvalue weighted by Gasteiger charge is -2.19. The number of sulfonamides is 1. The minimum atomic E-state index is -3.58. The number of nitrogens with one attached hydrogen (secondary N) is 3. The van der Waals surface area contributed by atoms with Gasteiger partial charge in [0.15, 0.2) is 0 Å². The molecule has 0 radical (unpaired) electrons. The summed E-state index contributed by atoms with van der Waals surface area (Å²) in [5.41, 5.74) is 2.93. The summed E-state index contributed by atoms with van der Waals surface area (Å²) in [4.78, 5) is 12.4. The number of phenols is 1. The van der Waals surface area contributed by atoms with Gasteiger partial charge in [-0.2, -0.15) is 0 Å². The van der Waals surface area contributed by atoms with Gasteiger partial charge in [0, 0.05) is 24.2 Å². The zero-order valence-electron chi connectivity index (χ0n) is 21.0. The Labute approximate surface area is 226 Å². The van der Waals surface area contributed by atoms with Crippen molar-refractivity contribution in [1.82, 2.24) is 10.6 Å². The average Bonchev–Trinajstić information content (AvgIpc) is 2.83. The topological polar surface area (TPSA) is 128 Å². The lowest BCUT2D eigenvalue weighted by Crippen LogP contribution is -2.32. The lowest BCUT2D eigenvalue weighted by molar-refractivity contribution is -0.120. The van der Waals surface area contributed by atoms with Gasteiger partial charge in [0.25, 0.3) is 0 Å². The van der Waals surface area contributed by atoms with Crippen molar-refractivity contribution in [2.75, 3.05) is 17.5 Å². The number of carbonyl (C=O) groups is 1. The first-order valence-electron chi connectivity index (χ1n) is 11.9. The number of hydrogen-bond acceptors (Lipinski definition) is 6. The Hall–Kier alpha value is -3.18. The van der Waals surface area contributed by atoms with Gasteiger partial charge in [-0.05, 0) is 59.9 Å². The number of halogens is 2. The van der Waals surface area contributed by atoms with E-state index in [0.29, 0.717) is 17.5 Å². The Kier molecular flexibility index (Phi) is 10.1. The van der Waals surface area contributed by atoms with Crippen LogP contribution in [0.4, 0.5) is 10.1 Å². The van der Waals surface area contributed by atoms with E-state index < -0.39 is 21.9 Å². The van der Waals surface area contributed by atoms with Crippen molar-refractivity contribution in [2.24, 2.45) is 0 Å². The fourth-order valence-corrected chi connectivity index (χ4v) is 4.67. The largest absolute Gasteiger partial charge is 0.506 e. The molecule has 8 nitrogen and oxygen atoms in total. The van der Waals surface area contributed by atoms with Crippen LogP contribution >= 0.6 is 11.6 Å². The maximum absolute atomic E-state index is 13.2. The summed E-state index contributed by atoms with van der Waals surface area (Å²) in [6.45, 7) is 2.37. The summed E-state index contributed by atoms with van der Waals surface area (Å²) >= 11 is 6.01. The normalized spacial score (nSPS) is 13.1. The van der Waals surface area contributed by atoms with Crippen LogP contribution in [0.5, 0.6) is 5.75 Å². The number of phenolic OH excluding ortho intramolecular Hbond substituents is 1. The zero-order valence-corrected chi connectivity index (χ0v) is 22.6. The number of carbonyl (C=O) groups excluding carboxylic acids is 1. The quantitative estimate of drug-likeness (QED) is 0.214. The Bertz CT molecular complexity index is 1390. The monoisotopic (exact) mass is 563 g/mol. The number of hydrogen-bond donors (Lipinski definition) is 5. The first-order valence-corrected chi connectivity index (χ1v) is 14.2. The molecule has 0 fully saturated rings. The average molecular weight is 564 g/mol. The van der Waals surface area contributed by atoms with Crippen molar-refractivity contribution in [3.8, 4) is 5.75 Å². The van der Waals surface area contributed by atoms with Gasteiger partial charge in [-0.25, -0.2) is 12.8 Å². The molecule has 0 aromatic heterocycles. The molecular weight excluding hydrogens is 533 g/mol.